The van der Waals surface area contributed by atoms with E-state index in [1.54, 1.807) is 12.3 Å². The van der Waals surface area contributed by atoms with Gasteiger partial charge in [-0.15, -0.1) is 0 Å². The normalized spacial score (nSPS) is 10.9. The van der Waals surface area contributed by atoms with Gasteiger partial charge in [-0.3, -0.25) is 0 Å². The first-order valence-corrected chi connectivity index (χ1v) is 6.51. The van der Waals surface area contributed by atoms with Crippen LogP contribution in [0.3, 0.4) is 0 Å². The summed E-state index contributed by atoms with van der Waals surface area (Å²) in [6.45, 7) is 2.69. The number of H-pyrrole nitrogens is 1. The number of rotatable bonds is 3. The number of anilines is 2. The van der Waals surface area contributed by atoms with Crippen LogP contribution in [0.15, 0.2) is 36.5 Å². The number of aromatic nitrogens is 3. The molecule has 3 aromatic rings. The average Bonchev–Trinajstić information content (AvgIpc) is 2.74. The minimum Gasteiger partial charge on any atom is -0.384 e. The average molecular weight is 267 g/mol. The van der Waals surface area contributed by atoms with Crippen LogP contribution >= 0.6 is 0 Å². The third-order valence-corrected chi connectivity index (χ3v) is 3.35. The first-order chi connectivity index (χ1) is 9.65. The minimum atomic E-state index is 0.499. The highest BCUT2D eigenvalue weighted by molar-refractivity contribution is 5.94. The first kappa shape index (κ1) is 12.5. The van der Waals surface area contributed by atoms with Crippen LogP contribution in [0, 0.1) is 6.92 Å². The summed E-state index contributed by atoms with van der Waals surface area (Å²) in [6, 6.07) is 9.97. The lowest BCUT2D eigenvalue weighted by Gasteiger charge is -2.18. The van der Waals surface area contributed by atoms with Gasteiger partial charge in [0.05, 0.1) is 12.2 Å². The lowest BCUT2D eigenvalue weighted by Crippen LogP contribution is -2.19. The molecule has 102 valence electrons. The van der Waals surface area contributed by atoms with Crippen LogP contribution in [0.2, 0.25) is 0 Å². The maximum absolute atomic E-state index is 5.70. The van der Waals surface area contributed by atoms with Gasteiger partial charge < -0.3 is 15.6 Å². The molecule has 2 aromatic heterocycles. The highest BCUT2D eigenvalue weighted by Gasteiger charge is 2.13. The second-order valence-corrected chi connectivity index (χ2v) is 4.90. The molecule has 0 atom stereocenters. The molecular weight excluding hydrogens is 250 g/mol. The van der Waals surface area contributed by atoms with Crippen LogP contribution < -0.4 is 10.6 Å². The summed E-state index contributed by atoms with van der Waals surface area (Å²) in [5.41, 5.74) is 9.15. The molecule has 0 aliphatic rings. The molecule has 1 aromatic carbocycles. The topological polar surface area (TPSA) is 70.8 Å². The van der Waals surface area contributed by atoms with Crippen molar-refractivity contribution >= 4 is 22.4 Å². The Morgan fingerprint density at radius 3 is 2.85 bits per heavy atom. The molecule has 5 nitrogen and oxygen atoms in total. The summed E-state index contributed by atoms with van der Waals surface area (Å²) >= 11 is 0. The third-order valence-electron chi connectivity index (χ3n) is 3.35. The largest absolute Gasteiger partial charge is 0.384 e. The van der Waals surface area contributed by atoms with Gasteiger partial charge in [-0.1, -0.05) is 18.2 Å². The van der Waals surface area contributed by atoms with Crippen LogP contribution in [0.1, 0.15) is 11.5 Å². The van der Waals surface area contributed by atoms with Gasteiger partial charge in [-0.05, 0) is 19.1 Å². The number of para-hydroxylation sites is 1. The van der Waals surface area contributed by atoms with E-state index in [2.05, 4.69) is 38.9 Å². The highest BCUT2D eigenvalue weighted by Crippen LogP contribution is 2.30. The quantitative estimate of drug-likeness (QED) is 0.765. The number of benzene rings is 1. The Labute approximate surface area is 117 Å². The molecule has 0 aliphatic heterocycles. The van der Waals surface area contributed by atoms with E-state index in [1.807, 2.05) is 19.2 Å². The third kappa shape index (κ3) is 2.18. The van der Waals surface area contributed by atoms with Gasteiger partial charge in [0, 0.05) is 29.8 Å². The van der Waals surface area contributed by atoms with E-state index in [1.165, 1.54) is 11.1 Å². The number of aromatic amines is 1. The van der Waals surface area contributed by atoms with Crippen LogP contribution in [-0.4, -0.2) is 22.0 Å². The number of hydrogen-bond donors (Lipinski definition) is 2. The van der Waals surface area contributed by atoms with Crippen molar-refractivity contribution in [1.29, 1.82) is 0 Å². The Morgan fingerprint density at radius 1 is 1.25 bits per heavy atom. The molecule has 0 amide bonds. The molecule has 0 fully saturated rings. The first-order valence-electron chi connectivity index (χ1n) is 6.51. The number of nitrogens with zero attached hydrogens (tertiary/aromatic N) is 3. The lowest BCUT2D eigenvalue weighted by molar-refractivity contribution is 0.840. The van der Waals surface area contributed by atoms with Crippen LogP contribution in [-0.2, 0) is 6.54 Å². The number of hydrogen-bond acceptors (Lipinski definition) is 4. The van der Waals surface area contributed by atoms with Gasteiger partial charge in [0.25, 0.3) is 0 Å². The van der Waals surface area contributed by atoms with Crippen molar-refractivity contribution < 1.29 is 0 Å². The Bertz CT molecular complexity index is 747. The summed E-state index contributed by atoms with van der Waals surface area (Å²) in [5.74, 6) is 1.22. The summed E-state index contributed by atoms with van der Waals surface area (Å²) < 4.78 is 0. The molecule has 20 heavy (non-hydrogen) atoms. The van der Waals surface area contributed by atoms with Crippen molar-refractivity contribution in [1.82, 2.24) is 15.0 Å². The maximum Gasteiger partial charge on any atom is 0.149 e. The molecule has 0 saturated carbocycles. The van der Waals surface area contributed by atoms with Gasteiger partial charge in [0.15, 0.2) is 0 Å². The van der Waals surface area contributed by atoms with Crippen molar-refractivity contribution in [3.05, 3.63) is 48.0 Å². The van der Waals surface area contributed by atoms with E-state index < -0.39 is 0 Å². The van der Waals surface area contributed by atoms with Crippen molar-refractivity contribution in [2.24, 2.45) is 0 Å². The summed E-state index contributed by atoms with van der Waals surface area (Å²) in [7, 11) is 2.04. The zero-order valence-corrected chi connectivity index (χ0v) is 11.6. The molecule has 0 saturated heterocycles. The van der Waals surface area contributed by atoms with Gasteiger partial charge in [-0.25, -0.2) is 9.97 Å². The van der Waals surface area contributed by atoms with Crippen LogP contribution in [0.5, 0.6) is 0 Å². The van der Waals surface area contributed by atoms with Gasteiger partial charge in [-0.2, -0.15) is 0 Å². The number of nitrogens with one attached hydrogen (secondary N) is 1. The molecule has 0 radical (unpaired) electrons. The van der Waals surface area contributed by atoms with E-state index in [0.717, 1.165) is 17.0 Å². The van der Waals surface area contributed by atoms with Crippen molar-refractivity contribution in [3.8, 4) is 0 Å². The number of nitrogen functional groups attached to an aromatic ring is 1. The fourth-order valence-corrected chi connectivity index (χ4v) is 2.54. The number of fused-ring (bicyclic) bond motifs is 1. The molecule has 0 unspecified atom stereocenters. The Kier molecular flexibility index (Phi) is 3.02. The summed E-state index contributed by atoms with van der Waals surface area (Å²) in [5, 5.41) is 1.21. The fraction of sp³-hybridized carbons (Fsp3) is 0.200. The fourth-order valence-electron chi connectivity index (χ4n) is 2.54. The minimum absolute atomic E-state index is 0.499. The molecule has 0 bridgehead atoms. The second kappa shape index (κ2) is 4.85. The van der Waals surface area contributed by atoms with E-state index >= 15 is 0 Å². The maximum atomic E-state index is 5.70. The van der Waals surface area contributed by atoms with Crippen molar-refractivity contribution in [2.45, 2.75) is 13.5 Å². The second-order valence-electron chi connectivity index (χ2n) is 4.90. The van der Waals surface area contributed by atoms with Gasteiger partial charge in [0.1, 0.15) is 11.6 Å². The lowest BCUT2D eigenvalue weighted by atomic mass is 10.2. The smallest absolute Gasteiger partial charge is 0.149 e. The highest BCUT2D eigenvalue weighted by atomic mass is 15.1. The molecular formula is C15H17N5. The zero-order chi connectivity index (χ0) is 14.1. The van der Waals surface area contributed by atoms with Crippen molar-refractivity contribution in [3.63, 3.8) is 0 Å². The molecule has 0 aliphatic carbocycles. The Morgan fingerprint density at radius 2 is 2.05 bits per heavy atom. The summed E-state index contributed by atoms with van der Waals surface area (Å²) in [4.78, 5) is 14.0. The standard InChI is InChI=1S/C15H17N5/c1-10-15(11-5-3-4-6-12(11)18-10)20(2)9-14-17-8-7-13(16)19-14/h3-8,18H,9H2,1-2H3,(H2,16,17,19). The summed E-state index contributed by atoms with van der Waals surface area (Å²) in [6.07, 6.45) is 1.69. The number of nitrogens with two attached hydrogens (primary N) is 1. The Balaban J connectivity index is 1.96. The van der Waals surface area contributed by atoms with Crippen LogP contribution in [0.4, 0.5) is 11.5 Å². The van der Waals surface area contributed by atoms with Gasteiger partial charge >= 0.3 is 0 Å². The van der Waals surface area contributed by atoms with E-state index in [4.69, 9.17) is 5.73 Å². The molecule has 5 heteroatoms. The molecule has 3 rings (SSSR count). The molecule has 3 N–H and O–H groups in total. The molecule has 0 spiro atoms. The predicted octanol–water partition coefficient (Wildman–Crippen LogP) is 2.48. The van der Waals surface area contributed by atoms with E-state index in [9.17, 15) is 0 Å². The molecule has 2 heterocycles. The Hall–Kier alpha value is -2.56. The van der Waals surface area contributed by atoms with E-state index in [0.29, 0.717) is 12.4 Å². The predicted molar refractivity (Wildman–Crippen MR) is 81.6 cm³/mol. The van der Waals surface area contributed by atoms with Crippen molar-refractivity contribution in [2.75, 3.05) is 17.7 Å². The van der Waals surface area contributed by atoms with Gasteiger partial charge in [0.2, 0.25) is 0 Å². The van der Waals surface area contributed by atoms with Crippen LogP contribution in [0.25, 0.3) is 10.9 Å². The monoisotopic (exact) mass is 267 g/mol. The SMILES string of the molecule is Cc1[nH]c2ccccc2c1N(C)Cc1nccc(N)n1. The van der Waals surface area contributed by atoms with E-state index in [-0.39, 0.29) is 0 Å². The zero-order valence-electron chi connectivity index (χ0n) is 11.6. The number of aryl methyl sites for hydroxylation is 1.